The Kier molecular flexibility index (Phi) is 6.56. The van der Waals surface area contributed by atoms with Crippen LogP contribution >= 0.6 is 0 Å². The van der Waals surface area contributed by atoms with Crippen LogP contribution in [-0.4, -0.2) is 20.1 Å². The molecule has 0 aromatic heterocycles. The summed E-state index contributed by atoms with van der Waals surface area (Å²) in [7, 11) is -3.81. The molecule has 0 aliphatic rings. The van der Waals surface area contributed by atoms with E-state index in [1.807, 2.05) is 24.3 Å². The van der Waals surface area contributed by atoms with Gasteiger partial charge in [0.2, 0.25) is 0 Å². The lowest BCUT2D eigenvalue weighted by atomic mass is 10.0. The maximum Gasteiger partial charge on any atom is 0.261 e. The number of sulfonamides is 1. The number of para-hydroxylation sites is 1. The van der Waals surface area contributed by atoms with Crippen LogP contribution in [0.4, 0.5) is 11.4 Å². The molecule has 0 atom stereocenters. The first-order valence-corrected chi connectivity index (χ1v) is 11.3. The molecule has 3 rings (SSSR count). The van der Waals surface area contributed by atoms with Crippen LogP contribution in [0, 0.1) is 0 Å². The zero-order chi connectivity index (χ0) is 22.6. The molecule has 3 aromatic carbocycles. The van der Waals surface area contributed by atoms with Crippen LogP contribution in [0.2, 0.25) is 0 Å². The third kappa shape index (κ3) is 5.38. The molecule has 160 valence electrons. The lowest BCUT2D eigenvalue weighted by Gasteiger charge is -2.14. The first-order chi connectivity index (χ1) is 14.7. The summed E-state index contributed by atoms with van der Waals surface area (Å²) < 4.78 is 27.6. The van der Waals surface area contributed by atoms with Gasteiger partial charge in [0, 0.05) is 22.5 Å². The van der Waals surface area contributed by atoms with Crippen LogP contribution in [0.3, 0.4) is 0 Å². The first kappa shape index (κ1) is 22.2. The average Bonchev–Trinajstić information content (AvgIpc) is 2.74. The number of Topliss-reactive ketones (excluding diaryl/α,β-unsaturated/α-hetero) is 1. The Morgan fingerprint density at radius 3 is 1.97 bits per heavy atom. The van der Waals surface area contributed by atoms with Crippen molar-refractivity contribution in [3.8, 4) is 0 Å². The van der Waals surface area contributed by atoms with E-state index >= 15 is 0 Å². The zero-order valence-electron chi connectivity index (χ0n) is 17.5. The molecule has 2 N–H and O–H groups in total. The third-order valence-electron chi connectivity index (χ3n) is 4.80. The normalized spacial score (nSPS) is 11.2. The van der Waals surface area contributed by atoms with Crippen molar-refractivity contribution in [1.29, 1.82) is 0 Å². The van der Waals surface area contributed by atoms with Gasteiger partial charge in [-0.15, -0.1) is 0 Å². The molecular formula is C24H24N2O4S. The summed E-state index contributed by atoms with van der Waals surface area (Å²) in [5, 5.41) is 2.91. The molecule has 0 aliphatic carbocycles. The number of ketones is 1. The fourth-order valence-electron chi connectivity index (χ4n) is 3.08. The van der Waals surface area contributed by atoms with Gasteiger partial charge in [-0.05, 0) is 60.9 Å². The summed E-state index contributed by atoms with van der Waals surface area (Å²) in [6, 6.07) is 19.5. The van der Waals surface area contributed by atoms with Gasteiger partial charge in [0.1, 0.15) is 0 Å². The quantitative estimate of drug-likeness (QED) is 0.506. The van der Waals surface area contributed by atoms with Crippen LogP contribution in [-0.2, 0) is 10.0 Å². The Labute approximate surface area is 182 Å². The SMILES string of the molecule is CC(=O)c1ccc(S(=O)(=O)Nc2ccc(C(=O)Nc3ccccc3C(C)C)cc2)cc1. The van der Waals surface area contributed by atoms with Gasteiger partial charge in [-0.25, -0.2) is 8.42 Å². The molecule has 7 heteroatoms. The smallest absolute Gasteiger partial charge is 0.261 e. The summed E-state index contributed by atoms with van der Waals surface area (Å²) >= 11 is 0. The highest BCUT2D eigenvalue weighted by Crippen LogP contribution is 2.24. The Morgan fingerprint density at radius 1 is 0.806 bits per heavy atom. The molecule has 0 unspecified atom stereocenters. The molecule has 0 bridgehead atoms. The number of carbonyl (C=O) groups is 2. The number of anilines is 2. The van der Waals surface area contributed by atoms with Crippen molar-refractivity contribution in [3.05, 3.63) is 89.5 Å². The van der Waals surface area contributed by atoms with Crippen molar-refractivity contribution in [2.45, 2.75) is 31.6 Å². The molecular weight excluding hydrogens is 412 g/mol. The highest BCUT2D eigenvalue weighted by Gasteiger charge is 2.16. The lowest BCUT2D eigenvalue weighted by Crippen LogP contribution is -2.15. The van der Waals surface area contributed by atoms with Gasteiger partial charge in [-0.1, -0.05) is 44.2 Å². The highest BCUT2D eigenvalue weighted by atomic mass is 32.2. The molecule has 0 radical (unpaired) electrons. The standard InChI is InChI=1S/C24H24N2O4S/c1-16(2)22-6-4-5-7-23(22)25-24(28)19-8-12-20(13-9-19)26-31(29,30)21-14-10-18(11-15-21)17(3)27/h4-16,26H,1-3H3,(H,25,28). The maximum atomic E-state index is 12.6. The summed E-state index contributed by atoms with van der Waals surface area (Å²) in [6.07, 6.45) is 0. The van der Waals surface area contributed by atoms with E-state index in [0.717, 1.165) is 11.3 Å². The fourth-order valence-corrected chi connectivity index (χ4v) is 4.14. The van der Waals surface area contributed by atoms with E-state index < -0.39 is 10.0 Å². The summed E-state index contributed by atoms with van der Waals surface area (Å²) in [4.78, 5) is 24.0. The number of rotatable bonds is 7. The van der Waals surface area contributed by atoms with E-state index in [0.29, 0.717) is 16.8 Å². The second kappa shape index (κ2) is 9.14. The van der Waals surface area contributed by atoms with E-state index in [-0.39, 0.29) is 22.5 Å². The van der Waals surface area contributed by atoms with Crippen molar-refractivity contribution in [3.63, 3.8) is 0 Å². The second-order valence-corrected chi connectivity index (χ2v) is 9.14. The van der Waals surface area contributed by atoms with Gasteiger partial charge < -0.3 is 5.32 Å². The Balaban J connectivity index is 1.72. The van der Waals surface area contributed by atoms with E-state index in [9.17, 15) is 18.0 Å². The molecule has 0 saturated heterocycles. The summed E-state index contributed by atoms with van der Waals surface area (Å²) in [6.45, 7) is 5.53. The van der Waals surface area contributed by atoms with Gasteiger partial charge >= 0.3 is 0 Å². The van der Waals surface area contributed by atoms with Gasteiger partial charge in [0.05, 0.1) is 4.90 Å². The molecule has 6 nitrogen and oxygen atoms in total. The van der Waals surface area contributed by atoms with Crippen molar-refractivity contribution in [1.82, 2.24) is 0 Å². The molecule has 0 aliphatic heterocycles. The first-order valence-electron chi connectivity index (χ1n) is 9.81. The molecule has 0 spiro atoms. The molecule has 0 heterocycles. The molecule has 1 amide bonds. The predicted molar refractivity (Wildman–Crippen MR) is 122 cm³/mol. The number of nitrogens with one attached hydrogen (secondary N) is 2. The number of hydrogen-bond donors (Lipinski definition) is 2. The van der Waals surface area contributed by atoms with Gasteiger partial charge in [-0.3, -0.25) is 14.3 Å². The van der Waals surface area contributed by atoms with E-state index in [1.54, 1.807) is 12.1 Å². The predicted octanol–water partition coefficient (Wildman–Crippen LogP) is 5.07. The monoisotopic (exact) mass is 436 g/mol. The second-order valence-electron chi connectivity index (χ2n) is 7.46. The maximum absolute atomic E-state index is 12.6. The Morgan fingerprint density at radius 2 is 1.39 bits per heavy atom. The topological polar surface area (TPSA) is 92.3 Å². The number of amides is 1. The molecule has 0 saturated carbocycles. The molecule has 3 aromatic rings. The van der Waals surface area contributed by atoms with E-state index in [2.05, 4.69) is 23.9 Å². The van der Waals surface area contributed by atoms with Crippen LogP contribution in [0.25, 0.3) is 0 Å². The van der Waals surface area contributed by atoms with Crippen LogP contribution in [0.15, 0.2) is 77.7 Å². The van der Waals surface area contributed by atoms with E-state index in [1.165, 1.54) is 43.3 Å². The van der Waals surface area contributed by atoms with Gasteiger partial charge in [0.25, 0.3) is 15.9 Å². The molecule has 31 heavy (non-hydrogen) atoms. The van der Waals surface area contributed by atoms with Crippen molar-refractivity contribution >= 4 is 33.1 Å². The van der Waals surface area contributed by atoms with E-state index in [4.69, 9.17) is 0 Å². The van der Waals surface area contributed by atoms with Crippen molar-refractivity contribution in [2.24, 2.45) is 0 Å². The number of hydrogen-bond acceptors (Lipinski definition) is 4. The van der Waals surface area contributed by atoms with Gasteiger partial charge in [0.15, 0.2) is 5.78 Å². The summed E-state index contributed by atoms with van der Waals surface area (Å²) in [5.41, 5.74) is 2.97. The van der Waals surface area contributed by atoms with Gasteiger partial charge in [-0.2, -0.15) is 0 Å². The van der Waals surface area contributed by atoms with Crippen molar-refractivity contribution < 1.29 is 18.0 Å². The summed E-state index contributed by atoms with van der Waals surface area (Å²) in [5.74, 6) is -0.151. The Bertz CT molecular complexity index is 1200. The highest BCUT2D eigenvalue weighted by molar-refractivity contribution is 7.92. The fraction of sp³-hybridized carbons (Fsp3) is 0.167. The minimum atomic E-state index is -3.81. The largest absolute Gasteiger partial charge is 0.322 e. The minimum Gasteiger partial charge on any atom is -0.322 e. The molecule has 0 fully saturated rings. The average molecular weight is 437 g/mol. The Hall–Kier alpha value is -3.45. The van der Waals surface area contributed by atoms with Crippen LogP contribution in [0.1, 0.15) is 53.0 Å². The third-order valence-corrected chi connectivity index (χ3v) is 6.20. The van der Waals surface area contributed by atoms with Crippen molar-refractivity contribution in [2.75, 3.05) is 10.0 Å². The number of carbonyl (C=O) groups excluding carboxylic acids is 2. The van der Waals surface area contributed by atoms with Crippen LogP contribution < -0.4 is 10.0 Å². The minimum absolute atomic E-state index is 0.0459. The zero-order valence-corrected chi connectivity index (χ0v) is 18.4. The van der Waals surface area contributed by atoms with Crippen LogP contribution in [0.5, 0.6) is 0 Å². The number of benzene rings is 3. The lowest BCUT2D eigenvalue weighted by molar-refractivity contribution is 0.101.